The van der Waals surface area contributed by atoms with E-state index < -0.39 is 11.6 Å². The molecular weight excluding hydrogens is 198 g/mol. The van der Waals surface area contributed by atoms with Crippen LogP contribution in [0.2, 0.25) is 0 Å². The summed E-state index contributed by atoms with van der Waals surface area (Å²) in [5, 5.41) is 2.94. The molecule has 0 spiro atoms. The molecule has 3 N–H and O–H groups in total. The monoisotopic (exact) mass is 214 g/mol. The van der Waals surface area contributed by atoms with E-state index in [4.69, 9.17) is 5.73 Å². The SMILES string of the molecule is CCC(C)CNc1cc(F)cc(F)c1N. The highest BCUT2D eigenvalue weighted by Gasteiger charge is 2.08. The van der Waals surface area contributed by atoms with Gasteiger partial charge in [0.15, 0.2) is 5.82 Å². The Bertz CT molecular complexity index is 340. The number of nitrogens with two attached hydrogens (primary N) is 1. The smallest absolute Gasteiger partial charge is 0.151 e. The summed E-state index contributed by atoms with van der Waals surface area (Å²) in [4.78, 5) is 0. The summed E-state index contributed by atoms with van der Waals surface area (Å²) in [6.07, 6.45) is 1.00. The van der Waals surface area contributed by atoms with Crippen molar-refractivity contribution >= 4 is 11.4 Å². The van der Waals surface area contributed by atoms with Crippen molar-refractivity contribution in [3.63, 3.8) is 0 Å². The van der Waals surface area contributed by atoms with Gasteiger partial charge >= 0.3 is 0 Å². The van der Waals surface area contributed by atoms with E-state index >= 15 is 0 Å². The third-order valence-corrected chi connectivity index (χ3v) is 2.43. The van der Waals surface area contributed by atoms with Crippen LogP contribution < -0.4 is 11.1 Å². The molecule has 0 amide bonds. The first-order chi connectivity index (χ1) is 7.04. The number of benzene rings is 1. The topological polar surface area (TPSA) is 38.0 Å². The van der Waals surface area contributed by atoms with Gasteiger partial charge in [0.05, 0.1) is 11.4 Å². The van der Waals surface area contributed by atoms with E-state index in [1.54, 1.807) is 0 Å². The standard InChI is InChI=1S/C11H16F2N2/c1-3-7(2)6-15-10-5-8(12)4-9(13)11(10)14/h4-5,7,15H,3,6,14H2,1-2H3. The van der Waals surface area contributed by atoms with Crippen LogP contribution in [0.1, 0.15) is 20.3 Å². The predicted octanol–water partition coefficient (Wildman–Crippen LogP) is 3.00. The van der Waals surface area contributed by atoms with Crippen molar-refractivity contribution in [2.24, 2.45) is 5.92 Å². The average molecular weight is 214 g/mol. The van der Waals surface area contributed by atoms with Gasteiger partial charge in [-0.15, -0.1) is 0 Å². The largest absolute Gasteiger partial charge is 0.395 e. The highest BCUT2D eigenvalue weighted by atomic mass is 19.1. The molecule has 0 aliphatic rings. The zero-order valence-corrected chi connectivity index (χ0v) is 8.98. The van der Waals surface area contributed by atoms with Gasteiger partial charge < -0.3 is 11.1 Å². The summed E-state index contributed by atoms with van der Waals surface area (Å²) in [5.74, 6) is -0.897. The molecule has 15 heavy (non-hydrogen) atoms. The van der Waals surface area contributed by atoms with E-state index in [0.29, 0.717) is 18.2 Å². The molecule has 1 atom stereocenters. The van der Waals surface area contributed by atoms with E-state index in [2.05, 4.69) is 19.2 Å². The molecule has 0 heterocycles. The molecule has 0 aliphatic heterocycles. The summed E-state index contributed by atoms with van der Waals surface area (Å²) in [6.45, 7) is 4.77. The van der Waals surface area contributed by atoms with Crippen molar-refractivity contribution in [3.05, 3.63) is 23.8 Å². The summed E-state index contributed by atoms with van der Waals surface area (Å²) in [5.41, 5.74) is 5.77. The minimum absolute atomic E-state index is 0.0281. The van der Waals surface area contributed by atoms with E-state index in [0.717, 1.165) is 12.5 Å². The second-order valence-corrected chi connectivity index (χ2v) is 3.74. The second-order valence-electron chi connectivity index (χ2n) is 3.74. The summed E-state index contributed by atoms with van der Waals surface area (Å²) < 4.78 is 25.9. The van der Waals surface area contributed by atoms with Gasteiger partial charge in [-0.2, -0.15) is 0 Å². The van der Waals surface area contributed by atoms with Gasteiger partial charge in [-0.3, -0.25) is 0 Å². The van der Waals surface area contributed by atoms with E-state index in [1.807, 2.05) is 0 Å². The lowest BCUT2D eigenvalue weighted by Crippen LogP contribution is -2.12. The van der Waals surface area contributed by atoms with Crippen LogP contribution in [0.25, 0.3) is 0 Å². The van der Waals surface area contributed by atoms with Crippen LogP contribution in [0.4, 0.5) is 20.2 Å². The van der Waals surface area contributed by atoms with Crippen LogP contribution in [0.5, 0.6) is 0 Å². The third-order valence-electron chi connectivity index (χ3n) is 2.43. The molecule has 0 aromatic heterocycles. The Labute approximate surface area is 88.5 Å². The summed E-state index contributed by atoms with van der Waals surface area (Å²) in [6, 6.07) is 1.99. The van der Waals surface area contributed by atoms with Crippen molar-refractivity contribution < 1.29 is 8.78 Å². The van der Waals surface area contributed by atoms with Gasteiger partial charge in [-0.05, 0) is 12.0 Å². The first kappa shape index (κ1) is 11.8. The molecule has 1 aromatic rings. The van der Waals surface area contributed by atoms with Crippen LogP contribution in [0, 0.1) is 17.6 Å². The lowest BCUT2D eigenvalue weighted by Gasteiger charge is -2.13. The Morgan fingerprint density at radius 1 is 1.40 bits per heavy atom. The number of hydrogen-bond donors (Lipinski definition) is 2. The zero-order chi connectivity index (χ0) is 11.4. The van der Waals surface area contributed by atoms with Gasteiger partial charge in [0.2, 0.25) is 0 Å². The lowest BCUT2D eigenvalue weighted by atomic mass is 10.1. The maximum atomic E-state index is 13.0. The third kappa shape index (κ3) is 3.08. The van der Waals surface area contributed by atoms with Crippen molar-refractivity contribution in [2.45, 2.75) is 20.3 Å². The van der Waals surface area contributed by atoms with Crippen molar-refractivity contribution in [2.75, 3.05) is 17.6 Å². The summed E-state index contributed by atoms with van der Waals surface area (Å²) >= 11 is 0. The van der Waals surface area contributed by atoms with Gasteiger partial charge in [0.25, 0.3) is 0 Å². The van der Waals surface area contributed by atoms with Crippen LogP contribution in [-0.2, 0) is 0 Å². The molecule has 1 unspecified atom stereocenters. The first-order valence-electron chi connectivity index (χ1n) is 5.03. The Morgan fingerprint density at radius 3 is 2.67 bits per heavy atom. The molecule has 1 aromatic carbocycles. The maximum Gasteiger partial charge on any atom is 0.151 e. The highest BCUT2D eigenvalue weighted by Crippen LogP contribution is 2.23. The minimum Gasteiger partial charge on any atom is -0.395 e. The molecule has 2 nitrogen and oxygen atoms in total. The Kier molecular flexibility index (Phi) is 3.88. The molecule has 0 aliphatic carbocycles. The van der Waals surface area contributed by atoms with Crippen LogP contribution in [0.15, 0.2) is 12.1 Å². The molecule has 1 rings (SSSR count). The average Bonchev–Trinajstić information content (AvgIpc) is 2.20. The Balaban J connectivity index is 2.76. The maximum absolute atomic E-state index is 13.0. The Hall–Kier alpha value is -1.32. The Morgan fingerprint density at radius 2 is 2.07 bits per heavy atom. The fourth-order valence-electron chi connectivity index (χ4n) is 1.16. The normalized spacial score (nSPS) is 12.5. The molecule has 0 saturated carbocycles. The molecule has 84 valence electrons. The molecule has 0 radical (unpaired) electrons. The number of anilines is 2. The van der Waals surface area contributed by atoms with Gasteiger partial charge in [-0.1, -0.05) is 20.3 Å². The van der Waals surface area contributed by atoms with E-state index in [9.17, 15) is 8.78 Å². The molecular formula is C11H16F2N2. The van der Waals surface area contributed by atoms with Crippen molar-refractivity contribution in [1.82, 2.24) is 0 Å². The lowest BCUT2D eigenvalue weighted by molar-refractivity contribution is 0.581. The zero-order valence-electron chi connectivity index (χ0n) is 8.98. The number of rotatable bonds is 4. The number of halogens is 2. The number of nitrogens with one attached hydrogen (secondary N) is 1. The fourth-order valence-corrected chi connectivity index (χ4v) is 1.16. The fraction of sp³-hybridized carbons (Fsp3) is 0.455. The van der Waals surface area contributed by atoms with E-state index in [1.165, 1.54) is 6.07 Å². The molecule has 0 saturated heterocycles. The van der Waals surface area contributed by atoms with Crippen molar-refractivity contribution in [1.29, 1.82) is 0 Å². The van der Waals surface area contributed by atoms with Gasteiger partial charge in [0, 0.05) is 12.6 Å². The van der Waals surface area contributed by atoms with Crippen LogP contribution >= 0.6 is 0 Å². The van der Waals surface area contributed by atoms with Crippen LogP contribution in [-0.4, -0.2) is 6.54 Å². The number of nitrogen functional groups attached to an aromatic ring is 1. The van der Waals surface area contributed by atoms with Gasteiger partial charge in [0.1, 0.15) is 5.82 Å². The van der Waals surface area contributed by atoms with Crippen molar-refractivity contribution in [3.8, 4) is 0 Å². The van der Waals surface area contributed by atoms with Crippen LogP contribution in [0.3, 0.4) is 0 Å². The molecule has 0 fully saturated rings. The molecule has 0 bridgehead atoms. The molecule has 4 heteroatoms. The minimum atomic E-state index is -0.721. The van der Waals surface area contributed by atoms with E-state index in [-0.39, 0.29) is 5.69 Å². The highest BCUT2D eigenvalue weighted by molar-refractivity contribution is 5.66. The predicted molar refractivity (Wildman–Crippen MR) is 58.7 cm³/mol. The second kappa shape index (κ2) is 4.96. The number of hydrogen-bond acceptors (Lipinski definition) is 2. The van der Waals surface area contributed by atoms with Gasteiger partial charge in [-0.25, -0.2) is 8.78 Å². The first-order valence-corrected chi connectivity index (χ1v) is 5.03. The summed E-state index contributed by atoms with van der Waals surface area (Å²) in [7, 11) is 0. The quantitative estimate of drug-likeness (QED) is 0.756.